The Morgan fingerprint density at radius 3 is 2.42 bits per heavy atom. The number of anilines is 1. The lowest BCUT2D eigenvalue weighted by atomic mass is 9.95. The van der Waals surface area contributed by atoms with Crippen LogP contribution in [0.15, 0.2) is 46.9 Å². The first-order valence-corrected chi connectivity index (χ1v) is 15.1. The van der Waals surface area contributed by atoms with E-state index in [9.17, 15) is 18.0 Å². The van der Waals surface area contributed by atoms with E-state index in [-0.39, 0.29) is 18.5 Å². The van der Waals surface area contributed by atoms with Crippen molar-refractivity contribution in [1.29, 1.82) is 0 Å². The highest BCUT2D eigenvalue weighted by Crippen LogP contribution is 2.26. The predicted molar refractivity (Wildman–Crippen MR) is 148 cm³/mol. The van der Waals surface area contributed by atoms with Crippen LogP contribution in [0.5, 0.6) is 0 Å². The molecule has 0 bridgehead atoms. The van der Waals surface area contributed by atoms with Crippen LogP contribution in [0, 0.1) is 6.92 Å². The first kappa shape index (κ1) is 28.5. The molecule has 36 heavy (non-hydrogen) atoms. The first-order chi connectivity index (χ1) is 17.0. The van der Waals surface area contributed by atoms with Gasteiger partial charge in [-0.3, -0.25) is 13.9 Å². The molecule has 0 radical (unpaired) electrons. The number of nitrogens with zero attached hydrogens (tertiary/aromatic N) is 2. The van der Waals surface area contributed by atoms with Gasteiger partial charge in [-0.2, -0.15) is 0 Å². The molecule has 0 spiro atoms. The van der Waals surface area contributed by atoms with Crippen LogP contribution in [0.1, 0.15) is 50.2 Å². The smallest absolute Gasteiger partial charge is 0.244 e. The summed E-state index contributed by atoms with van der Waals surface area (Å²) >= 11 is 9.79. The van der Waals surface area contributed by atoms with Gasteiger partial charge in [-0.05, 0) is 62.1 Å². The average Bonchev–Trinajstić information content (AvgIpc) is 2.83. The highest BCUT2D eigenvalue weighted by molar-refractivity contribution is 9.10. The van der Waals surface area contributed by atoms with Crippen LogP contribution in [-0.4, -0.2) is 50.0 Å². The van der Waals surface area contributed by atoms with E-state index in [4.69, 9.17) is 11.6 Å². The number of carbonyl (C=O) groups is 2. The van der Waals surface area contributed by atoms with E-state index >= 15 is 0 Å². The number of aryl methyl sites for hydroxylation is 1. The molecule has 1 aliphatic carbocycles. The highest BCUT2D eigenvalue weighted by Gasteiger charge is 2.31. The fourth-order valence-electron chi connectivity index (χ4n) is 4.36. The van der Waals surface area contributed by atoms with Crippen LogP contribution in [0.2, 0.25) is 5.02 Å². The van der Waals surface area contributed by atoms with Crippen LogP contribution >= 0.6 is 27.5 Å². The molecule has 1 unspecified atom stereocenters. The Labute approximate surface area is 227 Å². The van der Waals surface area contributed by atoms with Crippen molar-refractivity contribution in [2.45, 2.75) is 64.6 Å². The van der Waals surface area contributed by atoms with Crippen molar-refractivity contribution in [2.24, 2.45) is 0 Å². The summed E-state index contributed by atoms with van der Waals surface area (Å²) in [5.74, 6) is -0.750. The number of carbonyl (C=O) groups excluding carboxylic acids is 2. The van der Waals surface area contributed by atoms with E-state index < -0.39 is 28.5 Å². The van der Waals surface area contributed by atoms with Gasteiger partial charge < -0.3 is 10.2 Å². The van der Waals surface area contributed by atoms with Crippen LogP contribution in [0.3, 0.4) is 0 Å². The van der Waals surface area contributed by atoms with Crippen molar-refractivity contribution < 1.29 is 18.0 Å². The minimum atomic E-state index is -3.78. The summed E-state index contributed by atoms with van der Waals surface area (Å²) in [4.78, 5) is 28.3. The average molecular weight is 599 g/mol. The Hall–Kier alpha value is -2.10. The van der Waals surface area contributed by atoms with Gasteiger partial charge in [-0.15, -0.1) is 0 Å². The summed E-state index contributed by atoms with van der Waals surface area (Å²) in [6.45, 7) is 3.15. The Morgan fingerprint density at radius 2 is 1.81 bits per heavy atom. The molecule has 1 saturated carbocycles. The van der Waals surface area contributed by atoms with Gasteiger partial charge in [0.2, 0.25) is 21.8 Å². The van der Waals surface area contributed by atoms with Crippen LogP contribution in [-0.2, 0) is 26.2 Å². The summed E-state index contributed by atoms with van der Waals surface area (Å²) in [6.07, 6.45) is 6.20. The van der Waals surface area contributed by atoms with Crippen molar-refractivity contribution in [3.8, 4) is 0 Å². The fourth-order valence-corrected chi connectivity index (χ4v) is 5.64. The standard InChI is InChI=1S/C26H33BrClN3O4S/c1-18-15-22(13-14-23(18)27)31(36(3,34)35)17-25(32)30(16-20-9-7-8-12-24(20)28)19(2)26(33)29-21-10-5-4-6-11-21/h7-9,12-15,19,21H,4-6,10-11,16-17H2,1-3H3,(H,29,33). The van der Waals surface area contributed by atoms with Crippen molar-refractivity contribution >= 4 is 55.1 Å². The van der Waals surface area contributed by atoms with Gasteiger partial charge in [0.25, 0.3) is 0 Å². The van der Waals surface area contributed by atoms with Gasteiger partial charge in [-0.25, -0.2) is 8.42 Å². The molecule has 1 fully saturated rings. The molecule has 2 aromatic carbocycles. The zero-order valence-corrected chi connectivity index (χ0v) is 24.0. The van der Waals surface area contributed by atoms with Crippen molar-refractivity contribution in [3.63, 3.8) is 0 Å². The first-order valence-electron chi connectivity index (χ1n) is 12.0. The van der Waals surface area contributed by atoms with Crippen molar-refractivity contribution in [1.82, 2.24) is 10.2 Å². The predicted octanol–water partition coefficient (Wildman–Crippen LogP) is 5.04. The molecular formula is C26H33BrClN3O4S. The Kier molecular flexibility index (Phi) is 9.83. The Morgan fingerprint density at radius 1 is 1.14 bits per heavy atom. The second-order valence-electron chi connectivity index (χ2n) is 9.34. The molecule has 196 valence electrons. The van der Waals surface area contributed by atoms with E-state index in [0.29, 0.717) is 16.3 Å². The van der Waals surface area contributed by atoms with E-state index in [1.54, 1.807) is 43.3 Å². The van der Waals surface area contributed by atoms with Crippen molar-refractivity contribution in [3.05, 3.63) is 63.1 Å². The van der Waals surface area contributed by atoms with Crippen LogP contribution in [0.25, 0.3) is 0 Å². The molecule has 1 aliphatic rings. The van der Waals surface area contributed by atoms with Gasteiger partial charge in [0.05, 0.1) is 11.9 Å². The normalized spacial score (nSPS) is 15.2. The highest BCUT2D eigenvalue weighted by atomic mass is 79.9. The number of sulfonamides is 1. The zero-order chi connectivity index (χ0) is 26.5. The number of benzene rings is 2. The van der Waals surface area contributed by atoms with Gasteiger partial charge in [0.15, 0.2) is 0 Å². The number of nitrogens with one attached hydrogen (secondary N) is 1. The summed E-state index contributed by atoms with van der Waals surface area (Å²) in [5, 5.41) is 3.55. The van der Waals surface area contributed by atoms with E-state index in [1.807, 2.05) is 13.0 Å². The largest absolute Gasteiger partial charge is 0.352 e. The Balaban J connectivity index is 1.89. The van der Waals surface area contributed by atoms with Gasteiger partial charge in [-0.1, -0.05) is 65.0 Å². The molecule has 10 heteroatoms. The van der Waals surface area contributed by atoms with Gasteiger partial charge in [0, 0.05) is 22.1 Å². The minimum Gasteiger partial charge on any atom is -0.352 e. The maximum atomic E-state index is 13.7. The third-order valence-corrected chi connectivity index (χ3v) is 8.93. The van der Waals surface area contributed by atoms with E-state index in [1.165, 1.54) is 4.90 Å². The third-order valence-electron chi connectivity index (χ3n) is 6.53. The Bertz CT molecular complexity index is 1200. The molecule has 2 aromatic rings. The molecule has 3 rings (SSSR count). The summed E-state index contributed by atoms with van der Waals surface area (Å²) < 4.78 is 27.3. The molecule has 1 N–H and O–H groups in total. The number of amides is 2. The number of hydrogen-bond donors (Lipinski definition) is 1. The SMILES string of the molecule is Cc1cc(N(CC(=O)N(Cc2ccccc2Cl)C(C)C(=O)NC2CCCCC2)S(C)(=O)=O)ccc1Br. The molecule has 0 saturated heterocycles. The van der Waals surface area contributed by atoms with Crippen molar-refractivity contribution in [2.75, 3.05) is 17.1 Å². The van der Waals surface area contributed by atoms with E-state index in [0.717, 1.165) is 52.7 Å². The van der Waals surface area contributed by atoms with Gasteiger partial charge >= 0.3 is 0 Å². The second kappa shape index (κ2) is 12.4. The summed E-state index contributed by atoms with van der Waals surface area (Å²) in [6, 6.07) is 11.5. The molecule has 0 aliphatic heterocycles. The second-order valence-corrected chi connectivity index (χ2v) is 12.5. The molecular weight excluding hydrogens is 566 g/mol. The fraction of sp³-hybridized carbons (Fsp3) is 0.462. The zero-order valence-electron chi connectivity index (χ0n) is 20.8. The molecule has 7 nitrogen and oxygen atoms in total. The molecule has 0 aromatic heterocycles. The van der Waals surface area contributed by atoms with Crippen LogP contribution in [0.4, 0.5) is 5.69 Å². The quantitative estimate of drug-likeness (QED) is 0.438. The maximum Gasteiger partial charge on any atom is 0.244 e. The van der Waals surface area contributed by atoms with Crippen LogP contribution < -0.4 is 9.62 Å². The number of halogens is 2. The lowest BCUT2D eigenvalue weighted by molar-refractivity contribution is -0.139. The van der Waals surface area contributed by atoms with Gasteiger partial charge in [0.1, 0.15) is 12.6 Å². The monoisotopic (exact) mass is 597 g/mol. The number of rotatable bonds is 9. The molecule has 1 atom stereocenters. The van der Waals surface area contributed by atoms with E-state index in [2.05, 4.69) is 21.2 Å². The molecule has 2 amide bonds. The third kappa shape index (κ3) is 7.46. The lowest BCUT2D eigenvalue weighted by Gasteiger charge is -2.33. The minimum absolute atomic E-state index is 0.0781. The lowest BCUT2D eigenvalue weighted by Crippen LogP contribution is -2.53. The molecule has 0 heterocycles. The topological polar surface area (TPSA) is 86.8 Å². The summed E-state index contributed by atoms with van der Waals surface area (Å²) in [5.41, 5.74) is 1.89. The summed E-state index contributed by atoms with van der Waals surface area (Å²) in [7, 11) is -3.78. The number of hydrogen-bond acceptors (Lipinski definition) is 4. The maximum absolute atomic E-state index is 13.7.